The standard InChI is InChI=1S/C19H24N2O2/c1-2-3-4-5-14-23-18-12-10-16(11-13-18)15-6-8-17(9-7-15)19(20)21-22/h6-13,22H,2-5,14H2,1H3,(H2,20,21). The molecule has 2 rings (SSSR count). The molecule has 0 aliphatic carbocycles. The fourth-order valence-electron chi connectivity index (χ4n) is 2.35. The average Bonchev–Trinajstić information content (AvgIpc) is 2.61. The van der Waals surface area contributed by atoms with Crippen LogP contribution in [0, 0.1) is 0 Å². The van der Waals surface area contributed by atoms with Crippen molar-refractivity contribution in [3.05, 3.63) is 54.1 Å². The molecule has 0 atom stereocenters. The molecule has 3 N–H and O–H groups in total. The summed E-state index contributed by atoms with van der Waals surface area (Å²) in [6.45, 7) is 2.98. The molecule has 0 aliphatic heterocycles. The smallest absolute Gasteiger partial charge is 0.170 e. The molecule has 0 unspecified atom stereocenters. The van der Waals surface area contributed by atoms with Crippen LogP contribution >= 0.6 is 0 Å². The summed E-state index contributed by atoms with van der Waals surface area (Å²) in [5.74, 6) is 1.02. The molecule has 0 radical (unpaired) electrons. The van der Waals surface area contributed by atoms with Crippen molar-refractivity contribution in [1.82, 2.24) is 0 Å². The minimum Gasteiger partial charge on any atom is -0.494 e. The van der Waals surface area contributed by atoms with Gasteiger partial charge in [0.15, 0.2) is 5.84 Å². The van der Waals surface area contributed by atoms with Crippen LogP contribution in [0.4, 0.5) is 0 Å². The molecule has 2 aromatic rings. The van der Waals surface area contributed by atoms with Crippen molar-refractivity contribution in [2.45, 2.75) is 32.6 Å². The van der Waals surface area contributed by atoms with Gasteiger partial charge in [-0.25, -0.2) is 0 Å². The molecular weight excluding hydrogens is 288 g/mol. The number of rotatable bonds is 8. The molecule has 0 heterocycles. The van der Waals surface area contributed by atoms with Crippen LogP contribution in [0.25, 0.3) is 11.1 Å². The molecule has 2 aromatic carbocycles. The summed E-state index contributed by atoms with van der Waals surface area (Å²) in [6, 6.07) is 15.6. The zero-order valence-corrected chi connectivity index (χ0v) is 13.5. The summed E-state index contributed by atoms with van der Waals surface area (Å²) in [4.78, 5) is 0. The predicted molar refractivity (Wildman–Crippen MR) is 94.0 cm³/mol. The quantitative estimate of drug-likeness (QED) is 0.249. The van der Waals surface area contributed by atoms with Crippen LogP contribution in [-0.4, -0.2) is 17.6 Å². The number of benzene rings is 2. The van der Waals surface area contributed by atoms with Crippen molar-refractivity contribution in [2.24, 2.45) is 10.9 Å². The summed E-state index contributed by atoms with van der Waals surface area (Å²) in [6.07, 6.45) is 4.83. The molecule has 4 heteroatoms. The maximum absolute atomic E-state index is 8.67. The number of unbranched alkanes of at least 4 members (excludes halogenated alkanes) is 3. The lowest BCUT2D eigenvalue weighted by atomic mass is 10.0. The Labute approximate surface area is 137 Å². The van der Waals surface area contributed by atoms with Gasteiger partial charge in [0.05, 0.1) is 6.61 Å². The average molecular weight is 312 g/mol. The zero-order valence-electron chi connectivity index (χ0n) is 13.5. The number of hydrogen-bond donors (Lipinski definition) is 2. The minimum atomic E-state index is 0.114. The number of hydrogen-bond acceptors (Lipinski definition) is 3. The van der Waals surface area contributed by atoms with E-state index in [0.29, 0.717) is 5.56 Å². The summed E-state index contributed by atoms with van der Waals surface area (Å²) in [7, 11) is 0. The number of oxime groups is 1. The first-order valence-electron chi connectivity index (χ1n) is 8.05. The summed E-state index contributed by atoms with van der Waals surface area (Å²) in [5, 5.41) is 11.7. The van der Waals surface area contributed by atoms with Crippen LogP contribution in [0.2, 0.25) is 0 Å². The second kappa shape index (κ2) is 8.83. The van der Waals surface area contributed by atoms with E-state index in [1.807, 2.05) is 48.5 Å². The lowest BCUT2D eigenvalue weighted by molar-refractivity contribution is 0.305. The van der Waals surface area contributed by atoms with Gasteiger partial charge in [-0.15, -0.1) is 0 Å². The van der Waals surface area contributed by atoms with Crippen LogP contribution in [0.3, 0.4) is 0 Å². The SMILES string of the molecule is CCCCCCOc1ccc(-c2ccc(C(N)=NO)cc2)cc1. The monoisotopic (exact) mass is 312 g/mol. The van der Waals surface area contributed by atoms with E-state index in [1.54, 1.807) is 0 Å². The Morgan fingerprint density at radius 3 is 2.13 bits per heavy atom. The predicted octanol–water partition coefficient (Wildman–Crippen LogP) is 4.41. The molecule has 0 amide bonds. The Bertz CT molecular complexity index is 619. The first kappa shape index (κ1) is 16.9. The Hall–Kier alpha value is -2.49. The minimum absolute atomic E-state index is 0.114. The van der Waals surface area contributed by atoms with Crippen LogP contribution in [0.5, 0.6) is 5.75 Å². The molecule has 0 aromatic heterocycles. The van der Waals surface area contributed by atoms with Gasteiger partial charge in [-0.1, -0.05) is 67.7 Å². The van der Waals surface area contributed by atoms with Crippen molar-refractivity contribution < 1.29 is 9.94 Å². The molecule has 0 bridgehead atoms. The second-order valence-electron chi connectivity index (χ2n) is 5.50. The zero-order chi connectivity index (χ0) is 16.5. The third-order valence-corrected chi connectivity index (χ3v) is 3.74. The number of nitrogens with zero attached hydrogens (tertiary/aromatic N) is 1. The van der Waals surface area contributed by atoms with Crippen LogP contribution < -0.4 is 10.5 Å². The highest BCUT2D eigenvalue weighted by molar-refractivity contribution is 5.97. The van der Waals surface area contributed by atoms with E-state index in [4.69, 9.17) is 15.7 Å². The molecule has 0 spiro atoms. The molecule has 122 valence electrons. The van der Waals surface area contributed by atoms with E-state index in [1.165, 1.54) is 19.3 Å². The van der Waals surface area contributed by atoms with Gasteiger partial charge in [0, 0.05) is 5.56 Å². The Morgan fingerprint density at radius 1 is 0.957 bits per heavy atom. The van der Waals surface area contributed by atoms with Crippen LogP contribution in [0.1, 0.15) is 38.2 Å². The van der Waals surface area contributed by atoms with Crippen molar-refractivity contribution in [2.75, 3.05) is 6.61 Å². The van der Waals surface area contributed by atoms with Gasteiger partial charge in [0.2, 0.25) is 0 Å². The Balaban J connectivity index is 1.94. The highest BCUT2D eigenvalue weighted by Crippen LogP contribution is 2.23. The largest absolute Gasteiger partial charge is 0.494 e. The topological polar surface area (TPSA) is 67.8 Å². The van der Waals surface area contributed by atoms with Gasteiger partial charge in [-0.05, 0) is 29.7 Å². The van der Waals surface area contributed by atoms with Crippen molar-refractivity contribution >= 4 is 5.84 Å². The molecule has 0 saturated heterocycles. The van der Waals surface area contributed by atoms with E-state index in [-0.39, 0.29) is 5.84 Å². The van der Waals surface area contributed by atoms with E-state index in [9.17, 15) is 0 Å². The Kier molecular flexibility index (Phi) is 6.48. The van der Waals surface area contributed by atoms with E-state index < -0.39 is 0 Å². The first-order valence-corrected chi connectivity index (χ1v) is 8.05. The number of amidine groups is 1. The third kappa shape index (κ3) is 5.02. The molecule has 23 heavy (non-hydrogen) atoms. The summed E-state index contributed by atoms with van der Waals surface area (Å²) in [5.41, 5.74) is 8.44. The van der Waals surface area contributed by atoms with E-state index in [0.717, 1.165) is 29.9 Å². The van der Waals surface area contributed by atoms with Crippen molar-refractivity contribution in [3.8, 4) is 16.9 Å². The summed E-state index contributed by atoms with van der Waals surface area (Å²) < 4.78 is 5.75. The molecule has 0 saturated carbocycles. The van der Waals surface area contributed by atoms with E-state index >= 15 is 0 Å². The van der Waals surface area contributed by atoms with Crippen molar-refractivity contribution in [3.63, 3.8) is 0 Å². The molecule has 0 aliphatic rings. The third-order valence-electron chi connectivity index (χ3n) is 3.74. The van der Waals surface area contributed by atoms with E-state index in [2.05, 4.69) is 12.1 Å². The fraction of sp³-hybridized carbons (Fsp3) is 0.316. The van der Waals surface area contributed by atoms with Gasteiger partial charge in [0.25, 0.3) is 0 Å². The molecule has 0 fully saturated rings. The fourth-order valence-corrected chi connectivity index (χ4v) is 2.35. The Morgan fingerprint density at radius 2 is 1.57 bits per heavy atom. The molecule has 4 nitrogen and oxygen atoms in total. The van der Waals surface area contributed by atoms with Gasteiger partial charge in [0.1, 0.15) is 5.75 Å². The number of ether oxygens (including phenoxy) is 1. The highest BCUT2D eigenvalue weighted by Gasteiger charge is 2.02. The van der Waals surface area contributed by atoms with Gasteiger partial charge >= 0.3 is 0 Å². The van der Waals surface area contributed by atoms with Gasteiger partial charge in [-0.2, -0.15) is 0 Å². The van der Waals surface area contributed by atoms with Gasteiger partial charge in [-0.3, -0.25) is 0 Å². The molecular formula is C19H24N2O2. The van der Waals surface area contributed by atoms with Crippen molar-refractivity contribution in [1.29, 1.82) is 0 Å². The lowest BCUT2D eigenvalue weighted by Crippen LogP contribution is -2.12. The first-order chi connectivity index (χ1) is 11.2. The summed E-state index contributed by atoms with van der Waals surface area (Å²) >= 11 is 0. The maximum Gasteiger partial charge on any atom is 0.170 e. The van der Waals surface area contributed by atoms with Crippen LogP contribution in [-0.2, 0) is 0 Å². The van der Waals surface area contributed by atoms with Crippen LogP contribution in [0.15, 0.2) is 53.7 Å². The maximum atomic E-state index is 8.67. The second-order valence-corrected chi connectivity index (χ2v) is 5.50. The normalized spacial score (nSPS) is 11.4. The van der Waals surface area contributed by atoms with Gasteiger partial charge < -0.3 is 15.7 Å². The lowest BCUT2D eigenvalue weighted by Gasteiger charge is -2.08. The highest BCUT2D eigenvalue weighted by atomic mass is 16.5. The number of nitrogens with two attached hydrogens (primary N) is 1.